The van der Waals surface area contributed by atoms with Gasteiger partial charge in [-0.25, -0.2) is 0 Å². The van der Waals surface area contributed by atoms with Crippen LogP contribution in [0.25, 0.3) is 0 Å². The lowest BCUT2D eigenvalue weighted by atomic mass is 10.0. The van der Waals surface area contributed by atoms with Gasteiger partial charge in [-0.05, 0) is 18.9 Å². The van der Waals surface area contributed by atoms with Crippen molar-refractivity contribution in [3.8, 4) is 0 Å². The number of aliphatic hydroxyl groups excluding tert-OH is 1. The maximum Gasteiger partial charge on any atom is 0.315 e. The van der Waals surface area contributed by atoms with E-state index < -0.39 is 6.10 Å². The molecule has 106 valence electrons. The van der Waals surface area contributed by atoms with Crippen LogP contribution < -0.4 is 5.73 Å². The third kappa shape index (κ3) is 6.61. The van der Waals surface area contributed by atoms with Crippen molar-refractivity contribution in [3.05, 3.63) is 35.9 Å². The number of carbonyl (C=O) groups excluding carboxylic acids is 1. The van der Waals surface area contributed by atoms with Gasteiger partial charge in [0.25, 0.3) is 0 Å². The summed E-state index contributed by atoms with van der Waals surface area (Å²) in [6.45, 7) is 2.16. The molecule has 0 saturated carbocycles. The summed E-state index contributed by atoms with van der Waals surface area (Å²) < 4.78 is 4.81. The Morgan fingerprint density at radius 1 is 1.42 bits per heavy atom. The Morgan fingerprint density at radius 2 is 2.11 bits per heavy atom. The summed E-state index contributed by atoms with van der Waals surface area (Å²) in [5, 5.41) is 9.92. The molecule has 2 unspecified atom stereocenters. The standard InChI is InChI=1S/C14H21NO3S/c1-2-18-14(17)10-19-9-13(16)12(15)8-11-6-4-3-5-7-11/h3-7,12-13,16H,2,8-10,15H2,1H3. The Balaban J connectivity index is 2.25. The van der Waals surface area contributed by atoms with Gasteiger partial charge in [-0.2, -0.15) is 0 Å². The number of aliphatic hydroxyl groups is 1. The first-order valence-corrected chi connectivity index (χ1v) is 7.50. The molecule has 0 aromatic heterocycles. The van der Waals surface area contributed by atoms with Crippen LogP contribution in [-0.4, -0.2) is 41.3 Å². The molecule has 0 heterocycles. The fourth-order valence-electron chi connectivity index (χ4n) is 1.61. The van der Waals surface area contributed by atoms with E-state index in [4.69, 9.17) is 10.5 Å². The molecule has 5 heteroatoms. The quantitative estimate of drug-likeness (QED) is 0.702. The van der Waals surface area contributed by atoms with Crippen LogP contribution in [-0.2, 0) is 16.0 Å². The first-order valence-electron chi connectivity index (χ1n) is 6.34. The molecule has 0 aliphatic rings. The van der Waals surface area contributed by atoms with Crippen molar-refractivity contribution >= 4 is 17.7 Å². The smallest absolute Gasteiger partial charge is 0.315 e. The van der Waals surface area contributed by atoms with Crippen molar-refractivity contribution in [3.63, 3.8) is 0 Å². The molecular weight excluding hydrogens is 262 g/mol. The highest BCUT2D eigenvalue weighted by molar-refractivity contribution is 7.99. The van der Waals surface area contributed by atoms with Crippen molar-refractivity contribution in [1.82, 2.24) is 0 Å². The van der Waals surface area contributed by atoms with E-state index in [0.29, 0.717) is 18.8 Å². The molecule has 0 aliphatic carbocycles. The summed E-state index contributed by atoms with van der Waals surface area (Å²) in [6, 6.07) is 9.49. The number of ether oxygens (including phenoxy) is 1. The first-order chi connectivity index (χ1) is 9.13. The SMILES string of the molecule is CCOC(=O)CSCC(O)C(N)Cc1ccccc1. The van der Waals surface area contributed by atoms with Crippen LogP contribution in [0.15, 0.2) is 30.3 Å². The average Bonchev–Trinajstić information content (AvgIpc) is 2.40. The fourth-order valence-corrected chi connectivity index (χ4v) is 2.47. The second kappa shape index (κ2) is 8.96. The number of benzene rings is 1. The first kappa shape index (κ1) is 16.0. The van der Waals surface area contributed by atoms with E-state index in [2.05, 4.69) is 0 Å². The van der Waals surface area contributed by atoms with Crippen LogP contribution in [0.2, 0.25) is 0 Å². The number of esters is 1. The summed E-state index contributed by atoms with van der Waals surface area (Å²) >= 11 is 1.34. The Hall–Kier alpha value is -1.04. The van der Waals surface area contributed by atoms with E-state index in [9.17, 15) is 9.90 Å². The zero-order chi connectivity index (χ0) is 14.1. The van der Waals surface area contributed by atoms with E-state index in [1.54, 1.807) is 6.92 Å². The van der Waals surface area contributed by atoms with E-state index >= 15 is 0 Å². The van der Waals surface area contributed by atoms with Crippen LogP contribution >= 0.6 is 11.8 Å². The van der Waals surface area contributed by atoms with Crippen LogP contribution in [0.3, 0.4) is 0 Å². The molecule has 1 aromatic rings. The zero-order valence-electron chi connectivity index (χ0n) is 11.1. The van der Waals surface area contributed by atoms with Crippen molar-refractivity contribution in [2.45, 2.75) is 25.5 Å². The Bertz CT molecular complexity index is 372. The molecule has 19 heavy (non-hydrogen) atoms. The molecule has 4 nitrogen and oxygen atoms in total. The number of thioether (sulfide) groups is 1. The summed E-state index contributed by atoms with van der Waals surface area (Å²) in [4.78, 5) is 11.1. The lowest BCUT2D eigenvalue weighted by Gasteiger charge is -2.18. The molecule has 1 rings (SSSR count). The van der Waals surface area contributed by atoms with E-state index in [0.717, 1.165) is 5.56 Å². The second-order valence-corrected chi connectivity index (χ2v) is 5.27. The largest absolute Gasteiger partial charge is 0.465 e. The van der Waals surface area contributed by atoms with Gasteiger partial charge in [-0.15, -0.1) is 11.8 Å². The van der Waals surface area contributed by atoms with Gasteiger partial charge < -0.3 is 15.6 Å². The number of carbonyl (C=O) groups is 1. The minimum Gasteiger partial charge on any atom is -0.465 e. The van der Waals surface area contributed by atoms with Crippen molar-refractivity contribution in [2.75, 3.05) is 18.1 Å². The minimum absolute atomic E-state index is 0.253. The summed E-state index contributed by atoms with van der Waals surface area (Å²) in [7, 11) is 0. The molecule has 0 spiro atoms. The second-order valence-electron chi connectivity index (χ2n) is 4.24. The third-order valence-corrected chi connectivity index (χ3v) is 3.64. The zero-order valence-corrected chi connectivity index (χ0v) is 11.9. The predicted octanol–water partition coefficient (Wildman–Crippen LogP) is 1.21. The van der Waals surface area contributed by atoms with Gasteiger partial charge in [0.1, 0.15) is 0 Å². The van der Waals surface area contributed by atoms with Crippen LogP contribution in [0, 0.1) is 0 Å². The molecule has 0 amide bonds. The Kier molecular flexibility index (Phi) is 7.55. The van der Waals surface area contributed by atoms with E-state index in [1.807, 2.05) is 30.3 Å². The third-order valence-electron chi connectivity index (χ3n) is 2.62. The topological polar surface area (TPSA) is 72.5 Å². The van der Waals surface area contributed by atoms with E-state index in [1.165, 1.54) is 11.8 Å². The van der Waals surface area contributed by atoms with E-state index in [-0.39, 0.29) is 17.8 Å². The summed E-state index contributed by atoms with van der Waals surface area (Å²) in [5.41, 5.74) is 7.05. The average molecular weight is 283 g/mol. The molecule has 0 saturated heterocycles. The molecule has 2 atom stereocenters. The molecule has 1 aromatic carbocycles. The van der Waals surface area contributed by atoms with Crippen molar-refractivity contribution in [2.24, 2.45) is 5.73 Å². The van der Waals surface area contributed by atoms with Gasteiger partial charge >= 0.3 is 5.97 Å². The fraction of sp³-hybridized carbons (Fsp3) is 0.500. The molecule has 0 fully saturated rings. The summed E-state index contributed by atoms with van der Waals surface area (Å²) in [6.07, 6.45) is 0.00162. The van der Waals surface area contributed by atoms with Gasteiger partial charge in [0, 0.05) is 11.8 Å². The lowest BCUT2D eigenvalue weighted by Crippen LogP contribution is -2.38. The summed E-state index contributed by atoms with van der Waals surface area (Å²) in [5.74, 6) is 0.437. The number of hydrogen-bond donors (Lipinski definition) is 2. The van der Waals surface area contributed by atoms with Gasteiger partial charge in [-0.1, -0.05) is 30.3 Å². The van der Waals surface area contributed by atoms with Crippen LogP contribution in [0.5, 0.6) is 0 Å². The molecule has 0 bridgehead atoms. The number of nitrogens with two attached hydrogens (primary N) is 1. The monoisotopic (exact) mass is 283 g/mol. The normalized spacial score (nSPS) is 13.8. The minimum atomic E-state index is -0.625. The molecule has 3 N–H and O–H groups in total. The van der Waals surface area contributed by atoms with Gasteiger partial charge in [-0.3, -0.25) is 4.79 Å². The van der Waals surface area contributed by atoms with Gasteiger partial charge in [0.2, 0.25) is 0 Å². The van der Waals surface area contributed by atoms with Gasteiger partial charge in [0.15, 0.2) is 0 Å². The Labute approximate surface area is 118 Å². The van der Waals surface area contributed by atoms with Gasteiger partial charge in [0.05, 0.1) is 18.5 Å². The highest BCUT2D eigenvalue weighted by Crippen LogP contribution is 2.09. The number of hydrogen-bond acceptors (Lipinski definition) is 5. The number of rotatable bonds is 8. The maximum atomic E-state index is 11.1. The lowest BCUT2D eigenvalue weighted by molar-refractivity contribution is -0.139. The predicted molar refractivity (Wildman–Crippen MR) is 78.1 cm³/mol. The van der Waals surface area contributed by atoms with Crippen molar-refractivity contribution < 1.29 is 14.6 Å². The van der Waals surface area contributed by atoms with Crippen LogP contribution in [0.4, 0.5) is 0 Å². The maximum absolute atomic E-state index is 11.1. The molecule has 0 aliphatic heterocycles. The highest BCUT2D eigenvalue weighted by atomic mass is 32.2. The molecule has 0 radical (unpaired) electrons. The highest BCUT2D eigenvalue weighted by Gasteiger charge is 2.16. The molecular formula is C14H21NO3S. The van der Waals surface area contributed by atoms with Crippen LogP contribution in [0.1, 0.15) is 12.5 Å². The Morgan fingerprint density at radius 3 is 2.74 bits per heavy atom. The van der Waals surface area contributed by atoms with Crippen molar-refractivity contribution in [1.29, 1.82) is 0 Å².